The van der Waals surface area contributed by atoms with Crippen molar-refractivity contribution in [2.75, 3.05) is 6.61 Å². The minimum absolute atomic E-state index is 0.239. The van der Waals surface area contributed by atoms with Crippen LogP contribution in [0.5, 0.6) is 0 Å². The summed E-state index contributed by atoms with van der Waals surface area (Å²) in [6, 6.07) is 0. The van der Waals surface area contributed by atoms with Crippen molar-refractivity contribution >= 4 is 5.97 Å². The molecule has 0 heterocycles. The lowest BCUT2D eigenvalue weighted by atomic mass is 9.72. The zero-order valence-corrected chi connectivity index (χ0v) is 12.9. The minimum atomic E-state index is -0.266. The Bertz CT molecular complexity index is 423. The van der Waals surface area contributed by atoms with Gasteiger partial charge in [-0.2, -0.15) is 0 Å². The fourth-order valence-electron chi connectivity index (χ4n) is 2.64. The molecule has 0 fully saturated rings. The van der Waals surface area contributed by atoms with Gasteiger partial charge in [0.1, 0.15) is 0 Å². The molecule has 2 nitrogen and oxygen atoms in total. The van der Waals surface area contributed by atoms with Crippen molar-refractivity contribution in [3.05, 3.63) is 34.9 Å². The van der Waals surface area contributed by atoms with Crippen LogP contribution in [0.4, 0.5) is 0 Å². The molecule has 0 aliphatic heterocycles. The average molecular weight is 262 g/mol. The van der Waals surface area contributed by atoms with Gasteiger partial charge in [-0.15, -0.1) is 0 Å². The zero-order valence-electron chi connectivity index (χ0n) is 12.9. The third-order valence-corrected chi connectivity index (χ3v) is 3.69. The Morgan fingerprint density at radius 2 is 2.11 bits per heavy atom. The topological polar surface area (TPSA) is 26.3 Å². The van der Waals surface area contributed by atoms with Gasteiger partial charge in [-0.25, -0.2) is 4.79 Å². The maximum atomic E-state index is 11.4. The molecule has 0 amide bonds. The maximum Gasteiger partial charge on any atom is 0.330 e. The second kappa shape index (κ2) is 6.74. The fourth-order valence-corrected chi connectivity index (χ4v) is 2.64. The van der Waals surface area contributed by atoms with E-state index in [0.717, 1.165) is 5.57 Å². The van der Waals surface area contributed by atoms with Gasteiger partial charge in [0.15, 0.2) is 0 Å². The van der Waals surface area contributed by atoms with Crippen LogP contribution in [0.2, 0.25) is 0 Å². The molecule has 1 aliphatic carbocycles. The minimum Gasteiger partial charge on any atom is -0.463 e. The lowest BCUT2D eigenvalue weighted by molar-refractivity contribution is -0.137. The van der Waals surface area contributed by atoms with Crippen molar-refractivity contribution < 1.29 is 9.53 Å². The van der Waals surface area contributed by atoms with Crippen LogP contribution in [0.15, 0.2) is 34.9 Å². The molecule has 0 aromatic carbocycles. The summed E-state index contributed by atoms with van der Waals surface area (Å²) in [5, 5.41) is 0. The average Bonchev–Trinajstić information content (AvgIpc) is 2.27. The zero-order chi connectivity index (χ0) is 14.5. The number of ether oxygens (including phenoxy) is 1. The van der Waals surface area contributed by atoms with Crippen molar-refractivity contribution in [1.82, 2.24) is 0 Å². The van der Waals surface area contributed by atoms with Crippen LogP contribution in [0.25, 0.3) is 0 Å². The van der Waals surface area contributed by atoms with E-state index in [4.69, 9.17) is 4.74 Å². The summed E-state index contributed by atoms with van der Waals surface area (Å²) in [7, 11) is 0. The summed E-state index contributed by atoms with van der Waals surface area (Å²) in [6.07, 6.45) is 9.41. The van der Waals surface area contributed by atoms with Crippen molar-refractivity contribution in [3.63, 3.8) is 0 Å². The Kier molecular flexibility index (Phi) is 5.59. The quantitative estimate of drug-likeness (QED) is 0.421. The van der Waals surface area contributed by atoms with Gasteiger partial charge in [-0.3, -0.25) is 0 Å². The second-order valence-corrected chi connectivity index (χ2v) is 5.91. The van der Waals surface area contributed by atoms with E-state index in [1.165, 1.54) is 30.4 Å². The van der Waals surface area contributed by atoms with Crippen LogP contribution in [-0.4, -0.2) is 12.6 Å². The molecule has 1 aliphatic rings. The SMILES string of the molecule is CCOC(=O)/C=C(C)\C=C\C1=C(C)CCCC1(C)C. The number of hydrogen-bond acceptors (Lipinski definition) is 2. The highest BCUT2D eigenvalue weighted by Crippen LogP contribution is 2.40. The van der Waals surface area contributed by atoms with E-state index in [-0.39, 0.29) is 11.4 Å². The molecule has 0 aromatic rings. The van der Waals surface area contributed by atoms with E-state index in [9.17, 15) is 4.79 Å². The molecule has 19 heavy (non-hydrogen) atoms. The molecule has 106 valence electrons. The third-order valence-electron chi connectivity index (χ3n) is 3.69. The lowest BCUT2D eigenvalue weighted by Crippen LogP contribution is -2.19. The number of allylic oxidation sites excluding steroid dienone is 5. The van der Waals surface area contributed by atoms with E-state index < -0.39 is 0 Å². The number of carbonyl (C=O) groups excluding carboxylic acids is 1. The van der Waals surface area contributed by atoms with Gasteiger partial charge in [0.25, 0.3) is 0 Å². The first kappa shape index (κ1) is 15.7. The molecule has 0 bridgehead atoms. The molecule has 0 aromatic heterocycles. The molecule has 1 rings (SSSR count). The molecule has 0 saturated heterocycles. The number of carbonyl (C=O) groups is 1. The largest absolute Gasteiger partial charge is 0.463 e. The number of esters is 1. The summed E-state index contributed by atoms with van der Waals surface area (Å²) in [6.45, 7) is 11.0. The van der Waals surface area contributed by atoms with Gasteiger partial charge in [-0.05, 0) is 56.6 Å². The molecule has 0 unspecified atom stereocenters. The Hall–Kier alpha value is -1.31. The van der Waals surface area contributed by atoms with Crippen LogP contribution in [0, 0.1) is 5.41 Å². The van der Waals surface area contributed by atoms with Crippen LogP contribution < -0.4 is 0 Å². The van der Waals surface area contributed by atoms with Crippen LogP contribution in [0.3, 0.4) is 0 Å². The van der Waals surface area contributed by atoms with Gasteiger partial charge in [0, 0.05) is 6.08 Å². The van der Waals surface area contributed by atoms with Gasteiger partial charge in [-0.1, -0.05) is 31.6 Å². The summed E-state index contributed by atoms with van der Waals surface area (Å²) in [5.74, 6) is -0.266. The van der Waals surface area contributed by atoms with Gasteiger partial charge in [0.2, 0.25) is 0 Å². The van der Waals surface area contributed by atoms with Crippen molar-refractivity contribution in [2.45, 2.75) is 53.9 Å². The molecular weight excluding hydrogens is 236 g/mol. The maximum absolute atomic E-state index is 11.4. The molecule has 2 heteroatoms. The van der Waals surface area contributed by atoms with E-state index in [1.807, 2.05) is 19.9 Å². The van der Waals surface area contributed by atoms with Crippen LogP contribution in [0.1, 0.15) is 53.9 Å². The van der Waals surface area contributed by atoms with E-state index >= 15 is 0 Å². The Labute approximate surface area is 117 Å². The Morgan fingerprint density at radius 1 is 1.42 bits per heavy atom. The molecule has 0 atom stereocenters. The summed E-state index contributed by atoms with van der Waals surface area (Å²) >= 11 is 0. The van der Waals surface area contributed by atoms with Crippen molar-refractivity contribution in [2.24, 2.45) is 5.41 Å². The first-order valence-electron chi connectivity index (χ1n) is 7.10. The normalized spacial score (nSPS) is 19.9. The Morgan fingerprint density at radius 3 is 2.68 bits per heavy atom. The monoisotopic (exact) mass is 262 g/mol. The molecular formula is C17H26O2. The predicted octanol–water partition coefficient (Wildman–Crippen LogP) is 4.58. The fraction of sp³-hybridized carbons (Fsp3) is 0.588. The lowest BCUT2D eigenvalue weighted by Gasteiger charge is -2.32. The highest BCUT2D eigenvalue weighted by molar-refractivity contribution is 5.83. The number of rotatable bonds is 4. The first-order valence-corrected chi connectivity index (χ1v) is 7.10. The highest BCUT2D eigenvalue weighted by atomic mass is 16.5. The standard InChI is InChI=1S/C17H26O2/c1-6-19-16(18)12-13(2)9-10-15-14(3)8-7-11-17(15,4)5/h9-10,12H,6-8,11H2,1-5H3/b10-9+,13-12-. The van der Waals surface area contributed by atoms with Crippen molar-refractivity contribution in [1.29, 1.82) is 0 Å². The van der Waals surface area contributed by atoms with E-state index in [1.54, 1.807) is 6.08 Å². The summed E-state index contributed by atoms with van der Waals surface area (Å²) in [5.41, 5.74) is 4.05. The first-order chi connectivity index (χ1) is 8.86. The van der Waals surface area contributed by atoms with Gasteiger partial charge >= 0.3 is 5.97 Å². The van der Waals surface area contributed by atoms with Crippen LogP contribution >= 0.6 is 0 Å². The second-order valence-electron chi connectivity index (χ2n) is 5.91. The third kappa shape index (κ3) is 4.70. The highest BCUT2D eigenvalue weighted by Gasteiger charge is 2.26. The van der Waals surface area contributed by atoms with E-state index in [2.05, 4.69) is 26.8 Å². The summed E-state index contributed by atoms with van der Waals surface area (Å²) < 4.78 is 4.91. The van der Waals surface area contributed by atoms with Crippen molar-refractivity contribution in [3.8, 4) is 0 Å². The molecule has 0 spiro atoms. The predicted molar refractivity (Wildman–Crippen MR) is 79.9 cm³/mol. The smallest absolute Gasteiger partial charge is 0.330 e. The van der Waals surface area contributed by atoms with Gasteiger partial charge < -0.3 is 4.74 Å². The molecule has 0 radical (unpaired) electrons. The van der Waals surface area contributed by atoms with Crippen LogP contribution in [-0.2, 0) is 9.53 Å². The molecule has 0 N–H and O–H groups in total. The number of hydrogen-bond donors (Lipinski definition) is 0. The Balaban J connectivity index is 2.83. The summed E-state index contributed by atoms with van der Waals surface area (Å²) in [4.78, 5) is 11.4. The van der Waals surface area contributed by atoms with Gasteiger partial charge in [0.05, 0.1) is 6.61 Å². The van der Waals surface area contributed by atoms with E-state index in [0.29, 0.717) is 6.61 Å². The molecule has 0 saturated carbocycles.